The Labute approximate surface area is 226 Å². The number of rotatable bonds is 8. The van der Waals surface area contributed by atoms with Crippen LogP contribution in [0.5, 0.6) is 0 Å². The quantitative estimate of drug-likeness (QED) is 0.423. The number of nitrogens with one attached hydrogen (secondary N) is 1. The maximum absolute atomic E-state index is 14.1. The van der Waals surface area contributed by atoms with Crippen molar-refractivity contribution in [3.05, 3.63) is 65.7 Å². The van der Waals surface area contributed by atoms with E-state index in [0.717, 1.165) is 47.2 Å². The van der Waals surface area contributed by atoms with Gasteiger partial charge in [0.25, 0.3) is 5.91 Å². The van der Waals surface area contributed by atoms with Crippen molar-refractivity contribution in [2.75, 3.05) is 26.2 Å². The number of aromatic nitrogens is 1. The standard InChI is InChI=1S/C32H40N4O2/c1-3-18-36-20-19-35(22-29(36)37)21-27-30(32(38)33-23(2)24-12-6-4-7-13-24)26-16-10-11-17-28(26)34-31(27)25-14-8-5-9-15-25/h5,8-11,14-17,23-24H,3-4,6-7,12-13,18-22H2,1-2H3,(H,33,38)/t23-/m0/s1. The van der Waals surface area contributed by atoms with E-state index in [9.17, 15) is 9.59 Å². The van der Waals surface area contributed by atoms with Gasteiger partial charge in [-0.15, -0.1) is 0 Å². The second-order valence-corrected chi connectivity index (χ2v) is 10.9. The van der Waals surface area contributed by atoms with Crippen molar-refractivity contribution >= 4 is 22.7 Å². The van der Waals surface area contributed by atoms with Gasteiger partial charge in [0, 0.05) is 48.7 Å². The average molecular weight is 513 g/mol. The molecule has 0 radical (unpaired) electrons. The topological polar surface area (TPSA) is 65.5 Å². The average Bonchev–Trinajstić information content (AvgIpc) is 2.95. The predicted octanol–water partition coefficient (Wildman–Crippen LogP) is 5.65. The molecule has 2 heterocycles. The Morgan fingerprint density at radius 2 is 1.76 bits per heavy atom. The van der Waals surface area contributed by atoms with E-state index in [4.69, 9.17) is 4.98 Å². The third-order valence-corrected chi connectivity index (χ3v) is 8.26. The number of hydrogen-bond acceptors (Lipinski definition) is 4. The van der Waals surface area contributed by atoms with Gasteiger partial charge in [0.05, 0.1) is 23.3 Å². The van der Waals surface area contributed by atoms with E-state index in [-0.39, 0.29) is 17.9 Å². The number of piperazine rings is 1. The zero-order chi connectivity index (χ0) is 26.5. The molecule has 2 aliphatic rings. The number of pyridine rings is 1. The number of carbonyl (C=O) groups excluding carboxylic acids is 2. The van der Waals surface area contributed by atoms with Crippen LogP contribution in [0.1, 0.15) is 68.3 Å². The molecule has 1 atom stereocenters. The lowest BCUT2D eigenvalue weighted by atomic mass is 9.84. The normalized spacial score (nSPS) is 18.1. The fourth-order valence-electron chi connectivity index (χ4n) is 6.15. The van der Waals surface area contributed by atoms with Crippen molar-refractivity contribution in [3.8, 4) is 11.3 Å². The van der Waals surface area contributed by atoms with Gasteiger partial charge in [-0.1, -0.05) is 74.7 Å². The van der Waals surface area contributed by atoms with Crippen LogP contribution in [-0.4, -0.2) is 58.8 Å². The summed E-state index contributed by atoms with van der Waals surface area (Å²) in [5.74, 6) is 0.636. The van der Waals surface area contributed by atoms with Crippen LogP contribution in [0.3, 0.4) is 0 Å². The third-order valence-electron chi connectivity index (χ3n) is 8.26. The molecule has 0 unspecified atom stereocenters. The number of benzene rings is 2. The first-order valence-corrected chi connectivity index (χ1v) is 14.3. The molecule has 1 aromatic heterocycles. The Balaban J connectivity index is 1.55. The largest absolute Gasteiger partial charge is 0.349 e. The van der Waals surface area contributed by atoms with Crippen molar-refractivity contribution < 1.29 is 9.59 Å². The SMILES string of the molecule is CCCN1CCN(Cc2c(-c3ccccc3)nc3ccccc3c2C(=O)N[C@@H](C)C2CCCCC2)CC1=O. The maximum atomic E-state index is 14.1. The summed E-state index contributed by atoms with van der Waals surface area (Å²) >= 11 is 0. The summed E-state index contributed by atoms with van der Waals surface area (Å²) < 4.78 is 0. The van der Waals surface area contributed by atoms with Gasteiger partial charge in [-0.2, -0.15) is 0 Å². The molecule has 6 nitrogen and oxygen atoms in total. The number of carbonyl (C=O) groups is 2. The molecule has 1 aliphatic heterocycles. The number of fused-ring (bicyclic) bond motifs is 1. The number of nitrogens with zero attached hydrogens (tertiary/aromatic N) is 3. The molecule has 5 rings (SSSR count). The molecule has 1 saturated heterocycles. The van der Waals surface area contributed by atoms with Crippen LogP contribution < -0.4 is 5.32 Å². The summed E-state index contributed by atoms with van der Waals surface area (Å²) in [7, 11) is 0. The smallest absolute Gasteiger partial charge is 0.252 e. The molecule has 3 aromatic rings. The van der Waals surface area contributed by atoms with E-state index in [1.54, 1.807) is 0 Å². The molecule has 0 bridgehead atoms. The number of amides is 2. The zero-order valence-corrected chi connectivity index (χ0v) is 22.8. The molecule has 1 aliphatic carbocycles. The maximum Gasteiger partial charge on any atom is 0.252 e. The Morgan fingerprint density at radius 3 is 2.50 bits per heavy atom. The van der Waals surface area contributed by atoms with Crippen LogP contribution in [0.25, 0.3) is 22.2 Å². The van der Waals surface area contributed by atoms with Gasteiger partial charge in [-0.25, -0.2) is 4.98 Å². The highest BCUT2D eigenvalue weighted by molar-refractivity contribution is 6.09. The molecule has 6 heteroatoms. The summed E-state index contributed by atoms with van der Waals surface area (Å²) in [6.45, 7) is 7.43. The highest BCUT2D eigenvalue weighted by Gasteiger charge is 2.29. The van der Waals surface area contributed by atoms with Gasteiger partial charge in [0.1, 0.15) is 0 Å². The molecule has 200 valence electrons. The summed E-state index contributed by atoms with van der Waals surface area (Å²) in [6, 6.07) is 18.2. The van der Waals surface area contributed by atoms with E-state index in [1.807, 2.05) is 47.4 Å². The lowest BCUT2D eigenvalue weighted by Crippen LogP contribution is -2.50. The van der Waals surface area contributed by atoms with Crippen LogP contribution >= 0.6 is 0 Å². The molecule has 0 spiro atoms. The van der Waals surface area contributed by atoms with Gasteiger partial charge >= 0.3 is 0 Å². The highest BCUT2D eigenvalue weighted by Crippen LogP contribution is 2.33. The molecular formula is C32H40N4O2. The van der Waals surface area contributed by atoms with Gasteiger partial charge in [0.15, 0.2) is 0 Å². The Morgan fingerprint density at radius 1 is 1.03 bits per heavy atom. The highest BCUT2D eigenvalue weighted by atomic mass is 16.2. The Hall–Kier alpha value is -3.25. The molecule has 2 fully saturated rings. The van der Waals surface area contributed by atoms with Gasteiger partial charge < -0.3 is 10.2 Å². The minimum absolute atomic E-state index is 0.0372. The van der Waals surface area contributed by atoms with E-state index < -0.39 is 0 Å². The van der Waals surface area contributed by atoms with Crippen LogP contribution in [0.15, 0.2) is 54.6 Å². The van der Waals surface area contributed by atoms with Crippen LogP contribution in [0, 0.1) is 5.92 Å². The first-order valence-electron chi connectivity index (χ1n) is 14.3. The van der Waals surface area contributed by atoms with Crippen molar-refractivity contribution in [3.63, 3.8) is 0 Å². The van der Waals surface area contributed by atoms with Crippen LogP contribution in [0.2, 0.25) is 0 Å². The van der Waals surface area contributed by atoms with Gasteiger partial charge in [-0.3, -0.25) is 14.5 Å². The second kappa shape index (κ2) is 12.1. The molecule has 1 N–H and O–H groups in total. The molecular weight excluding hydrogens is 472 g/mol. The van der Waals surface area contributed by atoms with E-state index >= 15 is 0 Å². The third kappa shape index (κ3) is 5.75. The minimum Gasteiger partial charge on any atom is -0.349 e. The van der Waals surface area contributed by atoms with Crippen molar-refractivity contribution in [1.82, 2.24) is 20.1 Å². The van der Waals surface area contributed by atoms with Crippen LogP contribution in [-0.2, 0) is 11.3 Å². The zero-order valence-electron chi connectivity index (χ0n) is 22.8. The van der Waals surface area contributed by atoms with Crippen molar-refractivity contribution in [2.45, 2.75) is 65.0 Å². The second-order valence-electron chi connectivity index (χ2n) is 10.9. The summed E-state index contributed by atoms with van der Waals surface area (Å²) in [5, 5.41) is 4.25. The molecule has 1 saturated carbocycles. The molecule has 2 amide bonds. The molecule has 2 aromatic carbocycles. The van der Waals surface area contributed by atoms with Crippen molar-refractivity contribution in [1.29, 1.82) is 0 Å². The monoisotopic (exact) mass is 512 g/mol. The Kier molecular flexibility index (Phi) is 8.38. The predicted molar refractivity (Wildman–Crippen MR) is 153 cm³/mol. The van der Waals surface area contributed by atoms with Gasteiger partial charge in [-0.05, 0) is 38.2 Å². The van der Waals surface area contributed by atoms with Gasteiger partial charge in [0.2, 0.25) is 5.91 Å². The number of hydrogen-bond donors (Lipinski definition) is 1. The van der Waals surface area contributed by atoms with E-state index in [1.165, 1.54) is 32.1 Å². The fraction of sp³-hybridized carbons (Fsp3) is 0.469. The minimum atomic E-state index is -0.0372. The summed E-state index contributed by atoms with van der Waals surface area (Å²) in [6.07, 6.45) is 7.08. The van der Waals surface area contributed by atoms with E-state index in [0.29, 0.717) is 31.1 Å². The fourth-order valence-corrected chi connectivity index (χ4v) is 6.15. The lowest BCUT2D eigenvalue weighted by molar-refractivity contribution is -0.136. The first kappa shape index (κ1) is 26.4. The van der Waals surface area contributed by atoms with Crippen molar-refractivity contribution in [2.24, 2.45) is 5.92 Å². The summed E-state index contributed by atoms with van der Waals surface area (Å²) in [5.41, 5.74) is 4.22. The summed E-state index contributed by atoms with van der Waals surface area (Å²) in [4.78, 5) is 36.2. The Bertz CT molecular complexity index is 1270. The first-order chi connectivity index (χ1) is 18.5. The van der Waals surface area contributed by atoms with E-state index in [2.05, 4.69) is 36.2 Å². The lowest BCUT2D eigenvalue weighted by Gasteiger charge is -2.35. The van der Waals surface area contributed by atoms with Crippen LogP contribution in [0.4, 0.5) is 0 Å². The molecule has 38 heavy (non-hydrogen) atoms. The number of para-hydroxylation sites is 1.